The molecule has 3 N–H and O–H groups in total. The maximum Gasteiger partial charge on any atom is 0.255 e. The summed E-state index contributed by atoms with van der Waals surface area (Å²) in [6.45, 7) is 2.32. The largest absolute Gasteiger partial charge is 0.493 e. The van der Waals surface area contributed by atoms with E-state index in [1.807, 2.05) is 6.92 Å². The fourth-order valence-electron chi connectivity index (χ4n) is 2.01. The molecule has 0 saturated carbocycles. The molecule has 2 rings (SSSR count). The molecule has 120 valence electrons. The number of anilines is 1. The van der Waals surface area contributed by atoms with E-state index >= 15 is 0 Å². The van der Waals surface area contributed by atoms with Gasteiger partial charge in [0.05, 0.1) is 13.7 Å². The summed E-state index contributed by atoms with van der Waals surface area (Å²) in [4.78, 5) is 23.3. The molecule has 0 saturated heterocycles. The van der Waals surface area contributed by atoms with Crippen molar-refractivity contribution >= 4 is 17.5 Å². The number of amides is 2. The molecule has 0 fully saturated rings. The normalized spacial score (nSPS) is 10.0. The molecule has 2 aromatic rings. The lowest BCUT2D eigenvalue weighted by molar-refractivity contribution is 0.0998. The van der Waals surface area contributed by atoms with Gasteiger partial charge in [0.2, 0.25) is 5.91 Å². The Balaban J connectivity index is 2.16. The summed E-state index contributed by atoms with van der Waals surface area (Å²) in [5.74, 6) is 0.265. The third kappa shape index (κ3) is 4.00. The van der Waals surface area contributed by atoms with Crippen LogP contribution < -0.4 is 20.5 Å². The minimum Gasteiger partial charge on any atom is -0.493 e. The number of primary amides is 1. The maximum absolute atomic E-state index is 12.3. The van der Waals surface area contributed by atoms with Crippen molar-refractivity contribution in [1.29, 1.82) is 0 Å². The van der Waals surface area contributed by atoms with Crippen LogP contribution in [-0.2, 0) is 0 Å². The predicted octanol–water partition coefficient (Wildman–Crippen LogP) is 2.45. The smallest absolute Gasteiger partial charge is 0.255 e. The lowest BCUT2D eigenvalue weighted by Gasteiger charge is -2.11. The van der Waals surface area contributed by atoms with Crippen molar-refractivity contribution in [2.75, 3.05) is 19.0 Å². The molecule has 0 aliphatic carbocycles. The first-order valence-electron chi connectivity index (χ1n) is 7.07. The second kappa shape index (κ2) is 7.31. The van der Waals surface area contributed by atoms with E-state index in [4.69, 9.17) is 15.2 Å². The van der Waals surface area contributed by atoms with Crippen molar-refractivity contribution in [3.05, 3.63) is 53.6 Å². The van der Waals surface area contributed by atoms with Gasteiger partial charge in [-0.3, -0.25) is 9.59 Å². The number of hydrogen-bond donors (Lipinski definition) is 2. The Morgan fingerprint density at radius 1 is 1.04 bits per heavy atom. The van der Waals surface area contributed by atoms with Gasteiger partial charge in [0.15, 0.2) is 11.5 Å². The standard InChI is InChI=1S/C17H18N2O4/c1-3-23-15-10-12(6-9-14(15)22-2)17(21)19-13-7-4-11(5-8-13)16(18)20/h4-10H,3H2,1-2H3,(H2,18,20)(H,19,21). The molecule has 0 atom stereocenters. The quantitative estimate of drug-likeness (QED) is 0.857. The number of methoxy groups -OCH3 is 1. The van der Waals surface area contributed by atoms with E-state index < -0.39 is 5.91 Å². The highest BCUT2D eigenvalue weighted by atomic mass is 16.5. The van der Waals surface area contributed by atoms with Crippen LogP contribution in [0.15, 0.2) is 42.5 Å². The number of nitrogens with one attached hydrogen (secondary N) is 1. The highest BCUT2D eigenvalue weighted by Crippen LogP contribution is 2.28. The zero-order valence-corrected chi connectivity index (χ0v) is 13.0. The molecule has 0 aliphatic heterocycles. The molecule has 6 nitrogen and oxygen atoms in total. The molecule has 0 spiro atoms. The van der Waals surface area contributed by atoms with Gasteiger partial charge in [-0.05, 0) is 49.4 Å². The van der Waals surface area contributed by atoms with Gasteiger partial charge in [0.1, 0.15) is 0 Å². The van der Waals surface area contributed by atoms with Gasteiger partial charge >= 0.3 is 0 Å². The molecular weight excluding hydrogens is 296 g/mol. The van der Waals surface area contributed by atoms with Crippen LogP contribution in [0.4, 0.5) is 5.69 Å². The van der Waals surface area contributed by atoms with Gasteiger partial charge in [0, 0.05) is 16.8 Å². The van der Waals surface area contributed by atoms with Crippen LogP contribution in [0.1, 0.15) is 27.6 Å². The first-order valence-corrected chi connectivity index (χ1v) is 7.07. The second-order valence-corrected chi connectivity index (χ2v) is 4.69. The SMILES string of the molecule is CCOc1cc(C(=O)Nc2ccc(C(N)=O)cc2)ccc1OC. The fourth-order valence-corrected chi connectivity index (χ4v) is 2.01. The number of nitrogens with two attached hydrogens (primary N) is 1. The van der Waals surface area contributed by atoms with Gasteiger partial charge in [0.25, 0.3) is 5.91 Å². The minimum absolute atomic E-state index is 0.291. The van der Waals surface area contributed by atoms with Crippen LogP contribution >= 0.6 is 0 Å². The first-order chi connectivity index (χ1) is 11.0. The number of ether oxygens (including phenoxy) is 2. The summed E-state index contributed by atoms with van der Waals surface area (Å²) in [7, 11) is 1.54. The van der Waals surface area contributed by atoms with E-state index in [2.05, 4.69) is 5.32 Å². The van der Waals surface area contributed by atoms with E-state index in [-0.39, 0.29) is 5.91 Å². The van der Waals surface area contributed by atoms with E-state index in [0.29, 0.717) is 34.9 Å². The monoisotopic (exact) mass is 314 g/mol. The predicted molar refractivity (Wildman–Crippen MR) is 87.1 cm³/mol. The zero-order chi connectivity index (χ0) is 16.8. The van der Waals surface area contributed by atoms with Crippen LogP contribution in [-0.4, -0.2) is 25.5 Å². The minimum atomic E-state index is -0.514. The Morgan fingerprint density at radius 3 is 2.26 bits per heavy atom. The highest BCUT2D eigenvalue weighted by Gasteiger charge is 2.11. The van der Waals surface area contributed by atoms with Crippen molar-refractivity contribution in [3.8, 4) is 11.5 Å². The molecule has 23 heavy (non-hydrogen) atoms. The lowest BCUT2D eigenvalue weighted by Crippen LogP contribution is -2.13. The molecule has 0 unspecified atom stereocenters. The zero-order valence-electron chi connectivity index (χ0n) is 13.0. The van der Waals surface area contributed by atoms with Crippen molar-refractivity contribution in [3.63, 3.8) is 0 Å². The fraction of sp³-hybridized carbons (Fsp3) is 0.176. The summed E-state index contributed by atoms with van der Waals surface area (Å²) in [6, 6.07) is 11.3. The maximum atomic E-state index is 12.3. The van der Waals surface area contributed by atoms with Crippen molar-refractivity contribution in [2.45, 2.75) is 6.92 Å². The molecule has 0 aliphatic rings. The second-order valence-electron chi connectivity index (χ2n) is 4.69. The molecule has 6 heteroatoms. The van der Waals surface area contributed by atoms with Crippen LogP contribution in [0.3, 0.4) is 0 Å². The Morgan fingerprint density at radius 2 is 1.70 bits per heavy atom. The average molecular weight is 314 g/mol. The first kappa shape index (κ1) is 16.4. The van der Waals surface area contributed by atoms with Crippen molar-refractivity contribution in [1.82, 2.24) is 0 Å². The van der Waals surface area contributed by atoms with Crippen LogP contribution in [0.5, 0.6) is 11.5 Å². The Labute approximate surface area is 134 Å². The lowest BCUT2D eigenvalue weighted by atomic mass is 10.1. The summed E-state index contributed by atoms with van der Waals surface area (Å²) >= 11 is 0. The Bertz CT molecular complexity index is 711. The Kier molecular flexibility index (Phi) is 5.19. The van der Waals surface area contributed by atoms with Crippen LogP contribution in [0, 0.1) is 0 Å². The average Bonchev–Trinajstić information content (AvgIpc) is 2.55. The van der Waals surface area contributed by atoms with E-state index in [1.54, 1.807) is 42.5 Å². The molecule has 0 aromatic heterocycles. The van der Waals surface area contributed by atoms with Gasteiger partial charge < -0.3 is 20.5 Å². The van der Waals surface area contributed by atoms with Crippen molar-refractivity contribution in [2.24, 2.45) is 5.73 Å². The summed E-state index contributed by atoms with van der Waals surface area (Å²) in [5, 5.41) is 2.74. The third-order valence-electron chi connectivity index (χ3n) is 3.15. The number of carbonyl (C=O) groups excluding carboxylic acids is 2. The van der Waals surface area contributed by atoms with Crippen LogP contribution in [0.2, 0.25) is 0 Å². The van der Waals surface area contributed by atoms with E-state index in [9.17, 15) is 9.59 Å². The Hall–Kier alpha value is -3.02. The summed E-state index contributed by atoms with van der Waals surface area (Å²) in [5.41, 5.74) is 6.56. The number of carbonyl (C=O) groups is 2. The molecule has 0 bridgehead atoms. The van der Waals surface area contributed by atoms with E-state index in [0.717, 1.165) is 0 Å². The third-order valence-corrected chi connectivity index (χ3v) is 3.15. The topological polar surface area (TPSA) is 90.6 Å². The van der Waals surface area contributed by atoms with Gasteiger partial charge in [-0.1, -0.05) is 0 Å². The molecule has 0 radical (unpaired) electrons. The molecule has 2 amide bonds. The van der Waals surface area contributed by atoms with Gasteiger partial charge in [-0.2, -0.15) is 0 Å². The number of benzene rings is 2. The number of hydrogen-bond acceptors (Lipinski definition) is 4. The van der Waals surface area contributed by atoms with Gasteiger partial charge in [-0.15, -0.1) is 0 Å². The van der Waals surface area contributed by atoms with Crippen molar-refractivity contribution < 1.29 is 19.1 Å². The molecular formula is C17H18N2O4. The summed E-state index contributed by atoms with van der Waals surface area (Å²) < 4.78 is 10.6. The van der Waals surface area contributed by atoms with Crippen LogP contribution in [0.25, 0.3) is 0 Å². The highest BCUT2D eigenvalue weighted by molar-refractivity contribution is 6.05. The number of rotatable bonds is 6. The van der Waals surface area contributed by atoms with Gasteiger partial charge in [-0.25, -0.2) is 0 Å². The van der Waals surface area contributed by atoms with E-state index in [1.165, 1.54) is 7.11 Å². The molecule has 0 heterocycles. The molecule has 2 aromatic carbocycles. The summed E-state index contributed by atoms with van der Waals surface area (Å²) in [6.07, 6.45) is 0.